The lowest BCUT2D eigenvalue weighted by Crippen LogP contribution is -2.49. The maximum atomic E-state index is 3.83. The number of rotatable bonds is 16. The molecule has 0 aromatic heterocycles. The highest BCUT2D eigenvalue weighted by molar-refractivity contribution is 7.98. The second-order valence-electron chi connectivity index (χ2n) is 8.12. The van der Waals surface area contributed by atoms with Crippen LogP contribution in [-0.4, -0.2) is 42.2 Å². The molecule has 0 spiro atoms. The first-order valence-corrected chi connectivity index (χ1v) is 13.9. The summed E-state index contributed by atoms with van der Waals surface area (Å²) in [6.45, 7) is 17.5. The molecular formula is C28H40NS2+. The van der Waals surface area contributed by atoms with Gasteiger partial charge in [-0.05, 0) is 47.6 Å². The first-order valence-electron chi connectivity index (χ1n) is 11.6. The summed E-state index contributed by atoms with van der Waals surface area (Å²) in [5.41, 5.74) is 5.23. The standard InChI is InChI=1S/C28H40NS2/c1-5-25-11-15-27(16-12-25)23-30-21-9-19-29(7-3,8-4)20-10-22-31-24-28-17-13-26(6-2)14-18-28/h5-6,11-18H,1-2,7-10,19-24H2,3-4H3/q+1. The molecule has 2 aromatic rings. The Morgan fingerprint density at radius 2 is 1.06 bits per heavy atom. The van der Waals surface area contributed by atoms with Crippen molar-refractivity contribution in [3.63, 3.8) is 0 Å². The van der Waals surface area contributed by atoms with Gasteiger partial charge in [-0.3, -0.25) is 0 Å². The molecule has 0 aliphatic heterocycles. The van der Waals surface area contributed by atoms with Gasteiger partial charge in [0.15, 0.2) is 0 Å². The Morgan fingerprint density at radius 3 is 1.39 bits per heavy atom. The van der Waals surface area contributed by atoms with Crippen LogP contribution in [0.1, 0.15) is 48.9 Å². The first kappa shape index (κ1) is 25.8. The van der Waals surface area contributed by atoms with Crippen LogP contribution < -0.4 is 0 Å². The van der Waals surface area contributed by atoms with Crippen molar-refractivity contribution in [1.29, 1.82) is 0 Å². The number of quaternary nitrogens is 1. The number of hydrogen-bond donors (Lipinski definition) is 0. The minimum absolute atomic E-state index is 1.11. The van der Waals surface area contributed by atoms with E-state index in [-0.39, 0.29) is 0 Å². The van der Waals surface area contributed by atoms with E-state index in [1.165, 1.54) is 77.3 Å². The molecule has 0 aliphatic rings. The quantitative estimate of drug-likeness (QED) is 0.188. The number of hydrogen-bond acceptors (Lipinski definition) is 2. The highest BCUT2D eigenvalue weighted by atomic mass is 32.2. The molecule has 2 aromatic carbocycles. The average Bonchev–Trinajstić information content (AvgIpc) is 2.83. The molecule has 0 amide bonds. The van der Waals surface area contributed by atoms with E-state index in [1.807, 2.05) is 12.2 Å². The van der Waals surface area contributed by atoms with Crippen molar-refractivity contribution in [2.24, 2.45) is 0 Å². The van der Waals surface area contributed by atoms with Gasteiger partial charge in [-0.2, -0.15) is 23.5 Å². The monoisotopic (exact) mass is 454 g/mol. The van der Waals surface area contributed by atoms with Crippen LogP contribution >= 0.6 is 23.5 Å². The van der Waals surface area contributed by atoms with Crippen LogP contribution in [0.4, 0.5) is 0 Å². The lowest BCUT2D eigenvalue weighted by molar-refractivity contribution is -0.924. The molecule has 0 saturated heterocycles. The fourth-order valence-corrected chi connectivity index (χ4v) is 5.66. The van der Waals surface area contributed by atoms with Crippen LogP contribution in [0.25, 0.3) is 12.2 Å². The van der Waals surface area contributed by atoms with E-state index in [9.17, 15) is 0 Å². The Morgan fingerprint density at radius 1 is 0.677 bits per heavy atom. The van der Waals surface area contributed by atoms with Gasteiger partial charge in [-0.15, -0.1) is 0 Å². The molecule has 2 rings (SSSR count). The number of benzene rings is 2. The zero-order valence-corrected chi connectivity index (χ0v) is 21.2. The molecule has 0 unspecified atom stereocenters. The summed E-state index contributed by atoms with van der Waals surface area (Å²) in [4.78, 5) is 0. The van der Waals surface area contributed by atoms with E-state index in [0.29, 0.717) is 0 Å². The van der Waals surface area contributed by atoms with Crippen LogP contribution in [0.2, 0.25) is 0 Å². The van der Waals surface area contributed by atoms with Gasteiger partial charge < -0.3 is 4.48 Å². The minimum Gasteiger partial charge on any atom is -0.324 e. The van der Waals surface area contributed by atoms with Crippen molar-refractivity contribution in [2.75, 3.05) is 37.7 Å². The first-order chi connectivity index (χ1) is 15.1. The molecule has 0 aliphatic carbocycles. The van der Waals surface area contributed by atoms with Gasteiger partial charge in [0, 0.05) is 24.3 Å². The van der Waals surface area contributed by atoms with Crippen LogP contribution in [0.5, 0.6) is 0 Å². The molecule has 0 atom stereocenters. The van der Waals surface area contributed by atoms with Gasteiger partial charge >= 0.3 is 0 Å². The summed E-state index contributed by atoms with van der Waals surface area (Å²) in [7, 11) is 0. The van der Waals surface area contributed by atoms with E-state index in [2.05, 4.69) is 99.1 Å². The molecule has 3 heteroatoms. The van der Waals surface area contributed by atoms with Crippen LogP contribution in [0.3, 0.4) is 0 Å². The SMILES string of the molecule is C=Cc1ccc(CSCCC[N+](CC)(CC)CCCSCc2ccc(C=C)cc2)cc1. The minimum atomic E-state index is 1.11. The largest absolute Gasteiger partial charge is 0.324 e. The molecule has 0 heterocycles. The number of nitrogens with zero attached hydrogens (tertiary/aromatic N) is 1. The van der Waals surface area contributed by atoms with E-state index in [4.69, 9.17) is 0 Å². The Bertz CT molecular complexity index is 697. The topological polar surface area (TPSA) is 0 Å². The van der Waals surface area contributed by atoms with E-state index in [1.54, 1.807) is 0 Å². The molecule has 0 radical (unpaired) electrons. The van der Waals surface area contributed by atoms with Crippen LogP contribution in [0, 0.1) is 0 Å². The fraction of sp³-hybridized carbons (Fsp3) is 0.429. The van der Waals surface area contributed by atoms with Gasteiger partial charge in [0.2, 0.25) is 0 Å². The third-order valence-corrected chi connectivity index (χ3v) is 8.38. The molecule has 31 heavy (non-hydrogen) atoms. The molecular weight excluding hydrogens is 414 g/mol. The van der Waals surface area contributed by atoms with Crippen molar-refractivity contribution in [3.05, 3.63) is 83.9 Å². The van der Waals surface area contributed by atoms with Crippen LogP contribution in [-0.2, 0) is 11.5 Å². The lowest BCUT2D eigenvalue weighted by Gasteiger charge is -2.37. The zero-order chi connectivity index (χ0) is 22.4. The number of thioether (sulfide) groups is 2. The zero-order valence-electron chi connectivity index (χ0n) is 19.5. The molecule has 0 bridgehead atoms. The third-order valence-electron chi connectivity index (χ3n) is 6.15. The predicted octanol–water partition coefficient (Wildman–Crippen LogP) is 7.78. The lowest BCUT2D eigenvalue weighted by atomic mass is 10.1. The highest BCUT2D eigenvalue weighted by Gasteiger charge is 2.21. The summed E-state index contributed by atoms with van der Waals surface area (Å²) in [5.74, 6) is 4.72. The van der Waals surface area contributed by atoms with Gasteiger partial charge in [0.25, 0.3) is 0 Å². The van der Waals surface area contributed by atoms with E-state index < -0.39 is 0 Å². The Kier molecular flexibility index (Phi) is 12.2. The van der Waals surface area contributed by atoms with Gasteiger partial charge in [-0.25, -0.2) is 0 Å². The van der Waals surface area contributed by atoms with Gasteiger partial charge in [0.1, 0.15) is 0 Å². The molecule has 0 N–H and O–H groups in total. The maximum absolute atomic E-state index is 3.83. The fourth-order valence-electron chi connectivity index (χ4n) is 3.85. The van der Waals surface area contributed by atoms with Crippen LogP contribution in [0.15, 0.2) is 61.7 Å². The summed E-state index contributed by atoms with van der Waals surface area (Å²) < 4.78 is 1.27. The van der Waals surface area contributed by atoms with Crippen molar-refractivity contribution >= 4 is 35.7 Å². The van der Waals surface area contributed by atoms with Gasteiger partial charge in [0.05, 0.1) is 26.2 Å². The molecule has 168 valence electrons. The Labute approximate surface area is 199 Å². The van der Waals surface area contributed by atoms with Crippen molar-refractivity contribution in [1.82, 2.24) is 0 Å². The van der Waals surface area contributed by atoms with Gasteiger partial charge in [-0.1, -0.05) is 73.8 Å². The van der Waals surface area contributed by atoms with Crippen molar-refractivity contribution < 1.29 is 4.48 Å². The maximum Gasteiger partial charge on any atom is 0.0794 e. The smallest absolute Gasteiger partial charge is 0.0794 e. The highest BCUT2D eigenvalue weighted by Crippen LogP contribution is 2.19. The summed E-state index contributed by atoms with van der Waals surface area (Å²) in [5, 5.41) is 0. The molecule has 0 fully saturated rings. The van der Waals surface area contributed by atoms with Crippen molar-refractivity contribution in [3.8, 4) is 0 Å². The summed E-state index contributed by atoms with van der Waals surface area (Å²) in [6, 6.07) is 17.6. The van der Waals surface area contributed by atoms with E-state index >= 15 is 0 Å². The van der Waals surface area contributed by atoms with Crippen molar-refractivity contribution in [2.45, 2.75) is 38.2 Å². The second kappa shape index (κ2) is 14.6. The normalized spacial score (nSPS) is 11.4. The second-order valence-corrected chi connectivity index (χ2v) is 10.3. The summed E-state index contributed by atoms with van der Waals surface area (Å²) >= 11 is 4.14. The third kappa shape index (κ3) is 9.31. The average molecular weight is 455 g/mol. The Hall–Kier alpha value is -1.42. The summed E-state index contributed by atoms with van der Waals surface area (Å²) in [6.07, 6.45) is 6.42. The molecule has 0 saturated carbocycles. The Balaban J connectivity index is 1.64. The molecule has 1 nitrogen and oxygen atoms in total. The van der Waals surface area contributed by atoms with E-state index in [0.717, 1.165) is 11.5 Å². The predicted molar refractivity (Wildman–Crippen MR) is 146 cm³/mol.